The van der Waals surface area contributed by atoms with Crippen molar-refractivity contribution in [1.29, 1.82) is 0 Å². The van der Waals surface area contributed by atoms with E-state index in [-0.39, 0.29) is 0 Å². The molecule has 0 aromatic carbocycles. The molecule has 0 amide bonds. The first-order chi connectivity index (χ1) is 3.84. The van der Waals surface area contributed by atoms with E-state index in [9.17, 15) is 0 Å². The van der Waals surface area contributed by atoms with E-state index < -0.39 is 0 Å². The van der Waals surface area contributed by atoms with Crippen LogP contribution in [0.4, 0.5) is 0 Å². The van der Waals surface area contributed by atoms with Gasteiger partial charge in [-0.2, -0.15) is 0 Å². The molecule has 0 aromatic heterocycles. The molecule has 1 aliphatic heterocycles. The highest BCUT2D eigenvalue weighted by atomic mass is 16.2. The molecule has 0 saturated carbocycles. The molecule has 1 heterocycles. The summed E-state index contributed by atoms with van der Waals surface area (Å²) in [6.45, 7) is 1.09. The highest BCUT2D eigenvalue weighted by molar-refractivity contribution is 5.00. The van der Waals surface area contributed by atoms with Gasteiger partial charge in [-0.3, -0.25) is 0 Å². The molecule has 1 fully saturated rings. The van der Waals surface area contributed by atoms with Crippen LogP contribution in [-0.4, -0.2) is 23.6 Å². The molecule has 46 valence electrons. The van der Waals surface area contributed by atoms with E-state index in [1.807, 2.05) is 7.05 Å². The van der Waals surface area contributed by atoms with Crippen molar-refractivity contribution in [3.05, 3.63) is 12.0 Å². The SMILES string of the molecule is CN1CCC/C1=C/O. The first-order valence-electron chi connectivity index (χ1n) is 2.89. The van der Waals surface area contributed by atoms with Gasteiger partial charge in [-0.25, -0.2) is 0 Å². The van der Waals surface area contributed by atoms with Gasteiger partial charge in [0.25, 0.3) is 0 Å². The molecule has 0 bridgehead atoms. The zero-order chi connectivity index (χ0) is 5.98. The van der Waals surface area contributed by atoms with Crippen LogP contribution in [0, 0.1) is 0 Å². The molecule has 0 aliphatic carbocycles. The van der Waals surface area contributed by atoms with Gasteiger partial charge in [-0.15, -0.1) is 0 Å². The molecule has 0 atom stereocenters. The minimum Gasteiger partial charge on any atom is -0.514 e. The Labute approximate surface area is 49.4 Å². The lowest BCUT2D eigenvalue weighted by Crippen LogP contribution is -2.09. The summed E-state index contributed by atoms with van der Waals surface area (Å²) in [4.78, 5) is 2.07. The quantitative estimate of drug-likeness (QED) is 0.476. The number of nitrogens with zero attached hydrogens (tertiary/aromatic N) is 1. The summed E-state index contributed by atoms with van der Waals surface area (Å²) < 4.78 is 0. The zero-order valence-electron chi connectivity index (χ0n) is 5.09. The van der Waals surface area contributed by atoms with Gasteiger partial charge in [0.15, 0.2) is 0 Å². The van der Waals surface area contributed by atoms with Crippen molar-refractivity contribution in [3.8, 4) is 0 Å². The van der Waals surface area contributed by atoms with Gasteiger partial charge in [0.05, 0.1) is 6.26 Å². The Bertz CT molecular complexity index is 109. The predicted octanol–water partition coefficient (Wildman–Crippen LogP) is 1.11. The lowest BCUT2D eigenvalue weighted by atomic mass is 10.3. The van der Waals surface area contributed by atoms with Crippen LogP contribution >= 0.6 is 0 Å². The molecule has 0 aromatic rings. The Balaban J connectivity index is 2.55. The van der Waals surface area contributed by atoms with Gasteiger partial charge in [0.1, 0.15) is 0 Å². The standard InChI is InChI=1S/C6H11NO/c1-7-4-2-3-6(7)5-8/h5,8H,2-4H2,1H3/b6-5-. The Morgan fingerprint density at radius 3 is 2.75 bits per heavy atom. The zero-order valence-corrected chi connectivity index (χ0v) is 5.09. The van der Waals surface area contributed by atoms with Crippen LogP contribution in [0.15, 0.2) is 12.0 Å². The minimum atomic E-state index is 1.03. The molecule has 0 unspecified atom stereocenters. The molecule has 1 rings (SSSR count). The second-order valence-corrected chi connectivity index (χ2v) is 2.15. The van der Waals surface area contributed by atoms with E-state index in [0.29, 0.717) is 0 Å². The predicted molar refractivity (Wildman–Crippen MR) is 32.6 cm³/mol. The van der Waals surface area contributed by atoms with Crippen molar-refractivity contribution in [2.24, 2.45) is 0 Å². The summed E-state index contributed by atoms with van der Waals surface area (Å²) >= 11 is 0. The molecule has 1 N–H and O–H groups in total. The van der Waals surface area contributed by atoms with Gasteiger partial charge in [-0.05, 0) is 12.8 Å². The number of rotatable bonds is 0. The van der Waals surface area contributed by atoms with Crippen molar-refractivity contribution in [3.63, 3.8) is 0 Å². The fourth-order valence-corrected chi connectivity index (χ4v) is 0.995. The summed E-state index contributed by atoms with van der Waals surface area (Å²) in [7, 11) is 2.00. The highest BCUT2D eigenvalue weighted by Crippen LogP contribution is 2.16. The van der Waals surface area contributed by atoms with Crippen LogP contribution in [0.25, 0.3) is 0 Å². The Hall–Kier alpha value is -0.660. The minimum absolute atomic E-state index is 1.03. The Kier molecular flexibility index (Phi) is 1.42. The van der Waals surface area contributed by atoms with E-state index >= 15 is 0 Å². The molecule has 8 heavy (non-hydrogen) atoms. The van der Waals surface area contributed by atoms with Crippen LogP contribution in [0.5, 0.6) is 0 Å². The van der Waals surface area contributed by atoms with Crippen LogP contribution < -0.4 is 0 Å². The number of hydrogen-bond acceptors (Lipinski definition) is 2. The lowest BCUT2D eigenvalue weighted by Gasteiger charge is -2.09. The summed E-state index contributed by atoms with van der Waals surface area (Å²) in [5.74, 6) is 0. The smallest absolute Gasteiger partial charge is 0.0982 e. The van der Waals surface area contributed by atoms with Gasteiger partial charge < -0.3 is 10.0 Å². The Morgan fingerprint density at radius 1 is 1.75 bits per heavy atom. The first-order valence-corrected chi connectivity index (χ1v) is 2.89. The summed E-state index contributed by atoms with van der Waals surface area (Å²) in [6.07, 6.45) is 3.42. The third kappa shape index (κ3) is 0.782. The van der Waals surface area contributed by atoms with E-state index in [4.69, 9.17) is 5.11 Å². The maximum Gasteiger partial charge on any atom is 0.0982 e. The molecular formula is C6H11NO. The maximum atomic E-state index is 8.53. The maximum absolute atomic E-state index is 8.53. The third-order valence-electron chi connectivity index (χ3n) is 1.57. The first kappa shape index (κ1) is 5.48. The monoisotopic (exact) mass is 113 g/mol. The molecule has 2 heteroatoms. The molecule has 1 saturated heterocycles. The van der Waals surface area contributed by atoms with Crippen molar-refractivity contribution in [1.82, 2.24) is 4.90 Å². The lowest BCUT2D eigenvalue weighted by molar-refractivity contribution is 0.416. The van der Waals surface area contributed by atoms with Gasteiger partial charge in [-0.1, -0.05) is 0 Å². The Morgan fingerprint density at radius 2 is 2.50 bits per heavy atom. The molecular weight excluding hydrogens is 102 g/mol. The van der Waals surface area contributed by atoms with E-state index in [0.717, 1.165) is 18.7 Å². The molecule has 1 aliphatic rings. The van der Waals surface area contributed by atoms with Crippen molar-refractivity contribution >= 4 is 0 Å². The van der Waals surface area contributed by atoms with Crippen molar-refractivity contribution in [2.45, 2.75) is 12.8 Å². The number of likely N-dealkylation sites (tertiary alicyclic amines) is 1. The average Bonchev–Trinajstić information content (AvgIpc) is 2.14. The molecule has 0 radical (unpaired) electrons. The molecule has 2 nitrogen and oxygen atoms in total. The van der Waals surface area contributed by atoms with Crippen LogP contribution in [0.1, 0.15) is 12.8 Å². The summed E-state index contributed by atoms with van der Waals surface area (Å²) in [5.41, 5.74) is 1.06. The van der Waals surface area contributed by atoms with E-state index in [1.54, 1.807) is 0 Å². The topological polar surface area (TPSA) is 23.5 Å². The second kappa shape index (κ2) is 2.07. The fourth-order valence-electron chi connectivity index (χ4n) is 0.995. The fraction of sp³-hybridized carbons (Fsp3) is 0.667. The number of hydrogen-bond donors (Lipinski definition) is 1. The van der Waals surface area contributed by atoms with Gasteiger partial charge >= 0.3 is 0 Å². The normalized spacial score (nSPS) is 25.1. The van der Waals surface area contributed by atoms with E-state index in [1.165, 1.54) is 12.7 Å². The van der Waals surface area contributed by atoms with Gasteiger partial charge in [0.2, 0.25) is 0 Å². The van der Waals surface area contributed by atoms with Gasteiger partial charge in [0, 0.05) is 19.3 Å². The third-order valence-corrected chi connectivity index (χ3v) is 1.57. The summed E-state index contributed by atoms with van der Waals surface area (Å²) in [5, 5.41) is 8.53. The van der Waals surface area contributed by atoms with Crippen molar-refractivity contribution < 1.29 is 5.11 Å². The highest BCUT2D eigenvalue weighted by Gasteiger charge is 2.10. The number of aliphatic hydroxyl groups is 1. The van der Waals surface area contributed by atoms with Crippen LogP contribution in [0.3, 0.4) is 0 Å². The number of aliphatic hydroxyl groups excluding tert-OH is 1. The van der Waals surface area contributed by atoms with Crippen LogP contribution in [-0.2, 0) is 0 Å². The van der Waals surface area contributed by atoms with E-state index in [2.05, 4.69) is 4.90 Å². The number of allylic oxidation sites excluding steroid dienone is 1. The average molecular weight is 113 g/mol. The second-order valence-electron chi connectivity index (χ2n) is 2.15. The van der Waals surface area contributed by atoms with Crippen molar-refractivity contribution in [2.75, 3.05) is 13.6 Å². The van der Waals surface area contributed by atoms with Crippen LogP contribution in [0.2, 0.25) is 0 Å². The largest absolute Gasteiger partial charge is 0.514 e. The summed E-state index contributed by atoms with van der Waals surface area (Å²) in [6, 6.07) is 0. The molecule has 0 spiro atoms.